The first-order valence-corrected chi connectivity index (χ1v) is 6.42. The van der Waals surface area contributed by atoms with Crippen molar-refractivity contribution in [2.75, 3.05) is 5.73 Å². The molecule has 1 heterocycles. The maximum atomic E-state index is 13.5. The quantitative estimate of drug-likeness (QED) is 0.793. The monoisotopic (exact) mass is 299 g/mol. The highest BCUT2D eigenvalue weighted by Crippen LogP contribution is 2.42. The first-order chi connectivity index (χ1) is 10.5. The van der Waals surface area contributed by atoms with Crippen LogP contribution in [0.2, 0.25) is 0 Å². The van der Waals surface area contributed by atoms with Crippen molar-refractivity contribution < 1.29 is 13.5 Å². The lowest BCUT2D eigenvalue weighted by molar-refractivity contribution is 0.393. The molecule has 0 aliphatic carbocycles. The molecule has 1 atom stereocenters. The van der Waals surface area contributed by atoms with Crippen LogP contribution < -0.4 is 16.2 Å². The van der Waals surface area contributed by atoms with Crippen LogP contribution in [0.3, 0.4) is 0 Å². The van der Waals surface area contributed by atoms with E-state index in [0.29, 0.717) is 17.0 Å². The normalized spacial score (nSPS) is 16.7. The van der Waals surface area contributed by atoms with E-state index in [-0.39, 0.29) is 17.0 Å². The van der Waals surface area contributed by atoms with Crippen molar-refractivity contribution in [3.8, 4) is 11.8 Å². The fourth-order valence-electron chi connectivity index (χ4n) is 2.56. The summed E-state index contributed by atoms with van der Waals surface area (Å²) in [6.45, 7) is 0. The number of hydrogen-bond donors (Lipinski definition) is 2. The Hall–Kier alpha value is -3.07. The number of allylic oxidation sites excluding steroid dienone is 1. The van der Waals surface area contributed by atoms with Gasteiger partial charge in [-0.1, -0.05) is 6.07 Å². The van der Waals surface area contributed by atoms with Gasteiger partial charge in [0.15, 0.2) is 0 Å². The van der Waals surface area contributed by atoms with Crippen molar-refractivity contribution in [3.05, 3.63) is 70.6 Å². The van der Waals surface area contributed by atoms with Gasteiger partial charge in [-0.3, -0.25) is 0 Å². The van der Waals surface area contributed by atoms with Crippen molar-refractivity contribution >= 4 is 5.69 Å². The maximum Gasteiger partial charge on any atom is 0.205 e. The fourth-order valence-corrected chi connectivity index (χ4v) is 2.56. The summed E-state index contributed by atoms with van der Waals surface area (Å²) in [4.78, 5) is 0. The zero-order valence-electron chi connectivity index (χ0n) is 11.3. The zero-order chi connectivity index (χ0) is 15.9. The number of benzene rings is 2. The van der Waals surface area contributed by atoms with Crippen molar-refractivity contribution in [1.82, 2.24) is 0 Å². The van der Waals surface area contributed by atoms with E-state index in [2.05, 4.69) is 0 Å². The van der Waals surface area contributed by atoms with Crippen LogP contribution in [-0.2, 0) is 0 Å². The second kappa shape index (κ2) is 5.04. The van der Waals surface area contributed by atoms with Crippen LogP contribution >= 0.6 is 0 Å². The van der Waals surface area contributed by atoms with Gasteiger partial charge in [-0.2, -0.15) is 5.26 Å². The lowest BCUT2D eigenvalue weighted by Gasteiger charge is -2.26. The minimum Gasteiger partial charge on any atom is -0.440 e. The Labute approximate surface area is 125 Å². The van der Waals surface area contributed by atoms with Crippen LogP contribution in [0.15, 0.2) is 47.9 Å². The lowest BCUT2D eigenvalue weighted by atomic mass is 9.83. The van der Waals surface area contributed by atoms with Gasteiger partial charge in [0.2, 0.25) is 5.88 Å². The summed E-state index contributed by atoms with van der Waals surface area (Å²) in [5.74, 6) is -1.90. The standard InChI is InChI=1S/C16H11F2N3O/c17-9-3-8(4-10(18)5-9)15-12-2-1-11(20)6-14(12)22-16(21)13(15)7-19/h1-6,15H,20-21H2. The third-order valence-electron chi connectivity index (χ3n) is 3.46. The summed E-state index contributed by atoms with van der Waals surface area (Å²) < 4.78 is 32.5. The third-order valence-corrected chi connectivity index (χ3v) is 3.46. The summed E-state index contributed by atoms with van der Waals surface area (Å²) in [5.41, 5.74) is 12.9. The summed E-state index contributed by atoms with van der Waals surface area (Å²) >= 11 is 0. The molecule has 22 heavy (non-hydrogen) atoms. The van der Waals surface area contributed by atoms with E-state index in [0.717, 1.165) is 6.07 Å². The molecule has 1 unspecified atom stereocenters. The SMILES string of the molecule is N#CC1=C(N)Oc2cc(N)ccc2C1c1cc(F)cc(F)c1. The maximum absolute atomic E-state index is 13.5. The topological polar surface area (TPSA) is 85.1 Å². The van der Waals surface area contributed by atoms with Crippen LogP contribution in [0, 0.1) is 23.0 Å². The van der Waals surface area contributed by atoms with Crippen LogP contribution in [0.4, 0.5) is 14.5 Å². The van der Waals surface area contributed by atoms with E-state index < -0.39 is 17.6 Å². The summed E-state index contributed by atoms with van der Waals surface area (Å²) in [7, 11) is 0. The van der Waals surface area contributed by atoms with E-state index in [1.165, 1.54) is 12.1 Å². The lowest BCUT2D eigenvalue weighted by Crippen LogP contribution is -2.21. The second-order valence-electron chi connectivity index (χ2n) is 4.92. The molecule has 0 radical (unpaired) electrons. The number of halogens is 2. The van der Waals surface area contributed by atoms with Crippen LogP contribution in [-0.4, -0.2) is 0 Å². The summed E-state index contributed by atoms with van der Waals surface area (Å²) in [6.07, 6.45) is 0. The molecule has 0 fully saturated rings. The largest absolute Gasteiger partial charge is 0.440 e. The Bertz CT molecular complexity index is 820. The second-order valence-corrected chi connectivity index (χ2v) is 4.92. The van der Waals surface area contributed by atoms with Crippen molar-refractivity contribution in [2.45, 2.75) is 5.92 Å². The molecule has 110 valence electrons. The number of nitriles is 1. The van der Waals surface area contributed by atoms with Gasteiger partial charge in [0.1, 0.15) is 29.0 Å². The van der Waals surface area contributed by atoms with E-state index >= 15 is 0 Å². The number of nitrogens with two attached hydrogens (primary N) is 2. The van der Waals surface area contributed by atoms with Crippen molar-refractivity contribution in [2.24, 2.45) is 5.73 Å². The van der Waals surface area contributed by atoms with Gasteiger partial charge in [0.05, 0.1) is 5.92 Å². The van der Waals surface area contributed by atoms with Gasteiger partial charge < -0.3 is 16.2 Å². The van der Waals surface area contributed by atoms with E-state index in [1.807, 2.05) is 6.07 Å². The van der Waals surface area contributed by atoms with Gasteiger partial charge in [0.25, 0.3) is 0 Å². The van der Waals surface area contributed by atoms with Gasteiger partial charge in [-0.05, 0) is 23.8 Å². The minimum absolute atomic E-state index is 0.0993. The summed E-state index contributed by atoms with van der Waals surface area (Å²) in [5, 5.41) is 9.33. The Morgan fingerprint density at radius 1 is 1.05 bits per heavy atom. The fraction of sp³-hybridized carbons (Fsp3) is 0.0625. The smallest absolute Gasteiger partial charge is 0.205 e. The van der Waals surface area contributed by atoms with Gasteiger partial charge in [-0.25, -0.2) is 8.78 Å². The highest BCUT2D eigenvalue weighted by molar-refractivity contribution is 5.59. The molecule has 0 saturated carbocycles. The number of hydrogen-bond acceptors (Lipinski definition) is 4. The van der Waals surface area contributed by atoms with E-state index in [1.54, 1.807) is 18.2 Å². The molecule has 3 rings (SSSR count). The molecule has 2 aromatic carbocycles. The van der Waals surface area contributed by atoms with Gasteiger partial charge >= 0.3 is 0 Å². The Balaban J connectivity index is 2.26. The van der Waals surface area contributed by atoms with Gasteiger partial charge in [0, 0.05) is 23.4 Å². The first-order valence-electron chi connectivity index (χ1n) is 6.42. The molecule has 4 N–H and O–H groups in total. The first kappa shape index (κ1) is 13.9. The van der Waals surface area contributed by atoms with Crippen molar-refractivity contribution in [3.63, 3.8) is 0 Å². The molecule has 6 heteroatoms. The zero-order valence-corrected chi connectivity index (χ0v) is 11.3. The molecule has 0 bridgehead atoms. The van der Waals surface area contributed by atoms with Crippen LogP contribution in [0.5, 0.6) is 5.75 Å². The Kier molecular flexibility index (Phi) is 3.18. The molecule has 0 aromatic heterocycles. The predicted molar refractivity (Wildman–Crippen MR) is 76.5 cm³/mol. The molecule has 1 aliphatic rings. The molecule has 0 saturated heterocycles. The number of nitrogen functional groups attached to an aromatic ring is 1. The average molecular weight is 299 g/mol. The van der Waals surface area contributed by atoms with Gasteiger partial charge in [-0.15, -0.1) is 0 Å². The molecule has 4 nitrogen and oxygen atoms in total. The molecule has 0 amide bonds. The molecular weight excluding hydrogens is 288 g/mol. The molecule has 2 aromatic rings. The highest BCUT2D eigenvalue weighted by Gasteiger charge is 2.31. The number of ether oxygens (including phenoxy) is 1. The number of rotatable bonds is 1. The van der Waals surface area contributed by atoms with E-state index in [9.17, 15) is 14.0 Å². The Morgan fingerprint density at radius 3 is 2.36 bits per heavy atom. The molecule has 1 aliphatic heterocycles. The predicted octanol–water partition coefficient (Wildman–Crippen LogP) is 2.77. The highest BCUT2D eigenvalue weighted by atomic mass is 19.1. The minimum atomic E-state index is -0.727. The van der Waals surface area contributed by atoms with Crippen LogP contribution in [0.25, 0.3) is 0 Å². The number of nitrogens with zero attached hydrogens (tertiary/aromatic N) is 1. The summed E-state index contributed by atoms with van der Waals surface area (Å²) in [6, 6.07) is 9.90. The number of anilines is 1. The molecule has 0 spiro atoms. The van der Waals surface area contributed by atoms with Crippen molar-refractivity contribution in [1.29, 1.82) is 5.26 Å². The average Bonchev–Trinajstić information content (AvgIpc) is 2.44. The van der Waals surface area contributed by atoms with Crippen LogP contribution in [0.1, 0.15) is 17.0 Å². The third kappa shape index (κ3) is 2.23. The Morgan fingerprint density at radius 2 is 1.73 bits per heavy atom. The molecular formula is C16H11F2N3O. The van der Waals surface area contributed by atoms with E-state index in [4.69, 9.17) is 16.2 Å². The number of fused-ring (bicyclic) bond motifs is 1.